The zero-order valence-corrected chi connectivity index (χ0v) is 14.3. The first-order valence-corrected chi connectivity index (χ1v) is 8.96. The molecule has 6 heteroatoms. The average molecular weight is 346 g/mol. The molecule has 136 valence electrons. The number of anilines is 1. The Morgan fingerprint density at radius 2 is 1.72 bits per heavy atom. The molecule has 0 spiro atoms. The van der Waals surface area contributed by atoms with Crippen molar-refractivity contribution in [2.75, 3.05) is 18.5 Å². The number of hydrogen-bond acceptors (Lipinski definition) is 5. The fourth-order valence-corrected chi connectivity index (χ4v) is 3.81. The minimum Gasteiger partial charge on any atom is -0.550 e. The van der Waals surface area contributed by atoms with E-state index < -0.39 is 11.4 Å². The summed E-state index contributed by atoms with van der Waals surface area (Å²) in [6.07, 6.45) is 5.51. The van der Waals surface area contributed by atoms with Crippen LogP contribution in [0.2, 0.25) is 0 Å². The van der Waals surface area contributed by atoms with Crippen molar-refractivity contribution in [1.29, 1.82) is 0 Å². The van der Waals surface area contributed by atoms with Crippen molar-refractivity contribution in [3.05, 3.63) is 18.2 Å². The van der Waals surface area contributed by atoms with E-state index in [0.717, 1.165) is 38.5 Å². The van der Waals surface area contributed by atoms with Gasteiger partial charge in [-0.1, -0.05) is 19.3 Å². The van der Waals surface area contributed by atoms with Crippen LogP contribution in [-0.4, -0.2) is 25.1 Å². The van der Waals surface area contributed by atoms with E-state index in [4.69, 9.17) is 9.47 Å². The first kappa shape index (κ1) is 17.6. The van der Waals surface area contributed by atoms with Crippen LogP contribution in [0.25, 0.3) is 0 Å². The Morgan fingerprint density at radius 1 is 1.00 bits per heavy atom. The summed E-state index contributed by atoms with van der Waals surface area (Å²) in [5.74, 6) is 0.0523. The van der Waals surface area contributed by atoms with Crippen molar-refractivity contribution in [3.8, 4) is 11.5 Å². The third-order valence-corrected chi connectivity index (χ3v) is 5.00. The Hall–Kier alpha value is -2.24. The van der Waals surface area contributed by atoms with E-state index in [-0.39, 0.29) is 18.7 Å². The van der Waals surface area contributed by atoms with E-state index in [1.807, 2.05) is 0 Å². The quantitative estimate of drug-likeness (QED) is 0.883. The number of carboxylic acid groups (broad SMARTS) is 1. The first-order chi connectivity index (χ1) is 12.1. The topological polar surface area (TPSA) is 87.7 Å². The van der Waals surface area contributed by atoms with Crippen molar-refractivity contribution >= 4 is 17.6 Å². The standard InChI is InChI=1S/C19H25NO5/c21-17(12-19(13-18(22)23)7-2-1-3-8-19)20-14-5-6-15-16(11-14)25-10-4-9-24-15/h5-6,11H,1-4,7-10,12-13H2,(H,20,21)(H,22,23)/p-1. The highest BCUT2D eigenvalue weighted by Gasteiger charge is 2.34. The molecule has 0 atom stereocenters. The van der Waals surface area contributed by atoms with Crippen LogP contribution in [0.15, 0.2) is 18.2 Å². The van der Waals surface area contributed by atoms with Crippen LogP contribution in [0.5, 0.6) is 11.5 Å². The van der Waals surface area contributed by atoms with Crippen molar-refractivity contribution in [1.82, 2.24) is 0 Å². The lowest BCUT2D eigenvalue weighted by atomic mass is 9.69. The number of carboxylic acids is 1. The molecule has 6 nitrogen and oxygen atoms in total. The Balaban J connectivity index is 1.66. The molecule has 1 saturated carbocycles. The minimum atomic E-state index is -1.08. The van der Waals surface area contributed by atoms with Gasteiger partial charge in [0.2, 0.25) is 5.91 Å². The smallest absolute Gasteiger partial charge is 0.224 e. The number of nitrogens with one attached hydrogen (secondary N) is 1. The number of ether oxygens (including phenoxy) is 2. The summed E-state index contributed by atoms with van der Waals surface area (Å²) < 4.78 is 11.2. The van der Waals surface area contributed by atoms with Gasteiger partial charge in [-0.15, -0.1) is 0 Å². The van der Waals surface area contributed by atoms with Gasteiger partial charge in [0.05, 0.1) is 13.2 Å². The predicted molar refractivity (Wildman–Crippen MR) is 90.4 cm³/mol. The van der Waals surface area contributed by atoms with Crippen LogP contribution in [0.4, 0.5) is 5.69 Å². The molecule has 1 aromatic carbocycles. The summed E-state index contributed by atoms with van der Waals surface area (Å²) >= 11 is 0. The van der Waals surface area contributed by atoms with Crippen LogP contribution in [0.1, 0.15) is 51.4 Å². The molecule has 0 aromatic heterocycles. The maximum atomic E-state index is 12.5. The molecule has 2 aliphatic rings. The number of aliphatic carboxylic acids is 1. The van der Waals surface area contributed by atoms with Crippen molar-refractivity contribution in [2.24, 2.45) is 5.41 Å². The number of rotatable bonds is 5. The maximum Gasteiger partial charge on any atom is 0.224 e. The van der Waals surface area contributed by atoms with Gasteiger partial charge in [0.25, 0.3) is 0 Å². The summed E-state index contributed by atoms with van der Waals surface area (Å²) in [6.45, 7) is 1.20. The lowest BCUT2D eigenvalue weighted by molar-refractivity contribution is -0.308. The van der Waals surface area contributed by atoms with Crippen LogP contribution in [0, 0.1) is 5.41 Å². The van der Waals surface area contributed by atoms with E-state index in [1.54, 1.807) is 18.2 Å². The van der Waals surface area contributed by atoms with Gasteiger partial charge in [-0.25, -0.2) is 0 Å². The zero-order chi connectivity index (χ0) is 17.7. The second-order valence-corrected chi connectivity index (χ2v) is 7.05. The lowest BCUT2D eigenvalue weighted by Gasteiger charge is -2.37. The number of carbonyl (C=O) groups is 2. The fourth-order valence-electron chi connectivity index (χ4n) is 3.81. The molecule has 0 unspecified atom stereocenters. The van der Waals surface area contributed by atoms with Crippen LogP contribution >= 0.6 is 0 Å². The average Bonchev–Trinajstić information content (AvgIpc) is 2.79. The van der Waals surface area contributed by atoms with E-state index in [0.29, 0.717) is 30.4 Å². The highest BCUT2D eigenvalue weighted by Crippen LogP contribution is 2.42. The summed E-state index contributed by atoms with van der Waals surface area (Å²) in [5.41, 5.74) is 0.153. The molecular formula is C19H24NO5-. The van der Waals surface area contributed by atoms with Crippen LogP contribution < -0.4 is 19.9 Å². The zero-order valence-electron chi connectivity index (χ0n) is 14.3. The van der Waals surface area contributed by atoms with Gasteiger partial charge in [0, 0.05) is 30.6 Å². The molecule has 3 rings (SSSR count). The van der Waals surface area contributed by atoms with Crippen molar-refractivity contribution < 1.29 is 24.2 Å². The van der Waals surface area contributed by atoms with Gasteiger partial charge in [0.15, 0.2) is 11.5 Å². The number of hydrogen-bond donors (Lipinski definition) is 1. The molecule has 0 saturated heterocycles. The molecule has 1 aromatic rings. The Labute approximate surface area is 147 Å². The number of carbonyl (C=O) groups excluding carboxylic acids is 2. The Morgan fingerprint density at radius 3 is 2.44 bits per heavy atom. The van der Waals surface area contributed by atoms with Crippen LogP contribution in [0.3, 0.4) is 0 Å². The monoisotopic (exact) mass is 346 g/mol. The van der Waals surface area contributed by atoms with Gasteiger partial charge in [-0.2, -0.15) is 0 Å². The highest BCUT2D eigenvalue weighted by atomic mass is 16.5. The van der Waals surface area contributed by atoms with Crippen molar-refractivity contribution in [2.45, 2.75) is 51.4 Å². The minimum absolute atomic E-state index is 0.0540. The molecule has 1 aliphatic carbocycles. The van der Waals surface area contributed by atoms with Crippen LogP contribution in [-0.2, 0) is 9.59 Å². The predicted octanol–water partition coefficient (Wildman–Crippen LogP) is 2.27. The second-order valence-electron chi connectivity index (χ2n) is 7.05. The molecule has 1 amide bonds. The van der Waals surface area contributed by atoms with Gasteiger partial charge in [-0.3, -0.25) is 4.79 Å². The molecule has 1 N–H and O–H groups in total. The maximum absolute atomic E-state index is 12.5. The van der Waals surface area contributed by atoms with E-state index >= 15 is 0 Å². The second kappa shape index (κ2) is 7.76. The Bertz CT molecular complexity index is 637. The molecule has 1 fully saturated rings. The molecule has 1 heterocycles. The van der Waals surface area contributed by atoms with Gasteiger partial charge >= 0.3 is 0 Å². The Kier molecular flexibility index (Phi) is 5.46. The summed E-state index contributed by atoms with van der Waals surface area (Å²) in [6, 6.07) is 5.32. The van der Waals surface area contributed by atoms with Gasteiger partial charge in [0.1, 0.15) is 0 Å². The largest absolute Gasteiger partial charge is 0.550 e. The molecule has 1 aliphatic heterocycles. The number of amides is 1. The van der Waals surface area contributed by atoms with Crippen molar-refractivity contribution in [3.63, 3.8) is 0 Å². The first-order valence-electron chi connectivity index (χ1n) is 8.96. The van der Waals surface area contributed by atoms with E-state index in [1.165, 1.54) is 0 Å². The number of fused-ring (bicyclic) bond motifs is 1. The third-order valence-electron chi connectivity index (χ3n) is 5.00. The highest BCUT2D eigenvalue weighted by molar-refractivity contribution is 5.91. The van der Waals surface area contributed by atoms with Gasteiger partial charge < -0.3 is 24.7 Å². The van der Waals surface area contributed by atoms with E-state index in [2.05, 4.69) is 5.32 Å². The summed E-state index contributed by atoms with van der Waals surface area (Å²) in [5, 5.41) is 14.0. The molecular weight excluding hydrogens is 322 g/mol. The molecule has 0 radical (unpaired) electrons. The van der Waals surface area contributed by atoms with Gasteiger partial charge in [-0.05, 0) is 36.8 Å². The summed E-state index contributed by atoms with van der Waals surface area (Å²) in [4.78, 5) is 23.6. The molecule has 0 bridgehead atoms. The van der Waals surface area contributed by atoms with E-state index in [9.17, 15) is 14.7 Å². The normalized spacial score (nSPS) is 18.9. The summed E-state index contributed by atoms with van der Waals surface area (Å²) in [7, 11) is 0. The fraction of sp³-hybridized carbons (Fsp3) is 0.579. The molecule has 25 heavy (non-hydrogen) atoms. The number of benzene rings is 1. The lowest BCUT2D eigenvalue weighted by Crippen LogP contribution is -2.36. The SMILES string of the molecule is O=C([O-])CC1(CC(=O)Nc2ccc3c(c2)OCCCO3)CCCCC1. The third kappa shape index (κ3) is 4.65.